The zero-order chi connectivity index (χ0) is 53.3. The van der Waals surface area contributed by atoms with Crippen molar-refractivity contribution < 1.29 is 49.3 Å². The molecule has 1 aliphatic rings. The Labute approximate surface area is 446 Å². The van der Waals surface area contributed by atoms with Crippen LogP contribution in [0.5, 0.6) is 0 Å². The predicted octanol–water partition coefficient (Wildman–Crippen LogP) is 13.8. The number of ether oxygens (including phenoxy) is 3. The minimum atomic E-state index is -1.62. The molecule has 6 N–H and O–H groups in total. The highest BCUT2D eigenvalue weighted by Crippen LogP contribution is 2.26. The summed E-state index contributed by atoms with van der Waals surface area (Å²) in [5, 5.41) is 56.9. The third-order valence-corrected chi connectivity index (χ3v) is 14.0. The Morgan fingerprint density at radius 3 is 1.51 bits per heavy atom. The fourth-order valence-corrected chi connectivity index (χ4v) is 9.18. The van der Waals surface area contributed by atoms with Crippen molar-refractivity contribution in [2.75, 3.05) is 13.2 Å². The molecule has 1 aliphatic heterocycles. The lowest BCUT2D eigenvalue weighted by Gasteiger charge is -2.41. The molecule has 11 nitrogen and oxygen atoms in total. The first-order valence-electron chi connectivity index (χ1n) is 30.1. The van der Waals surface area contributed by atoms with Crippen molar-refractivity contribution in [2.45, 2.75) is 307 Å². The van der Waals surface area contributed by atoms with Crippen molar-refractivity contribution in [2.24, 2.45) is 0 Å². The van der Waals surface area contributed by atoms with Crippen LogP contribution in [0.25, 0.3) is 0 Å². The molecule has 0 aromatic rings. The van der Waals surface area contributed by atoms with E-state index in [1.807, 2.05) is 24.3 Å². The van der Waals surface area contributed by atoms with Crippen molar-refractivity contribution in [1.29, 1.82) is 0 Å². The minimum Gasteiger partial charge on any atom is -0.454 e. The van der Waals surface area contributed by atoms with E-state index in [0.717, 1.165) is 83.5 Å². The molecule has 1 rings (SSSR count). The quantitative estimate of drug-likeness (QED) is 0.0149. The normalized spacial score (nSPS) is 19.8. The van der Waals surface area contributed by atoms with Gasteiger partial charge >= 0.3 is 5.97 Å². The van der Waals surface area contributed by atoms with Gasteiger partial charge < -0.3 is 45.1 Å². The van der Waals surface area contributed by atoms with Gasteiger partial charge in [0.1, 0.15) is 24.4 Å². The fourth-order valence-electron chi connectivity index (χ4n) is 9.18. The highest BCUT2D eigenvalue weighted by molar-refractivity contribution is 5.80. The first-order chi connectivity index (χ1) is 35.7. The Kier molecular flexibility index (Phi) is 47.0. The fraction of sp³-hybridized carbons (Fsp3) is 0.806. The standard InChI is InChI=1S/C62H111NO10/c1-4-7-10-13-16-19-22-25-26-27-28-29-32-34-37-40-43-46-49-55(66)61(70)63-53(54(65)48-45-42-39-36-33-30-23-20-17-14-11-8-5-2)52-71-62-60(59(69)58(68)56(51-64)72-62)73-57(67)50-47-44-41-38-35-31-24-21-18-15-12-9-6-3/h9,12,15,18,21,24-26,45,48,53-56,58-60,62,64-66,68-69H,4-8,10-11,13-14,16-17,19-20,22-23,27-44,46-47,49-52H2,1-3H3,(H,63,70)/b12-9+,18-15+,24-21-,26-25+,48-45+. The molecule has 8 unspecified atom stereocenters. The number of hydrogen-bond acceptors (Lipinski definition) is 10. The molecule has 1 fully saturated rings. The summed E-state index contributed by atoms with van der Waals surface area (Å²) < 4.78 is 17.6. The maximum absolute atomic E-state index is 13.4. The van der Waals surface area contributed by atoms with E-state index in [-0.39, 0.29) is 19.4 Å². The van der Waals surface area contributed by atoms with E-state index < -0.39 is 67.4 Å². The number of carbonyl (C=O) groups excluding carboxylic acids is 2. The molecular formula is C62H111NO10. The summed E-state index contributed by atoms with van der Waals surface area (Å²) in [6.45, 7) is 5.64. The van der Waals surface area contributed by atoms with Crippen molar-refractivity contribution in [1.82, 2.24) is 5.32 Å². The molecule has 0 saturated carbocycles. The zero-order valence-corrected chi connectivity index (χ0v) is 46.7. The van der Waals surface area contributed by atoms with Crippen LogP contribution in [0.4, 0.5) is 0 Å². The molecule has 0 aliphatic carbocycles. The van der Waals surface area contributed by atoms with Crippen molar-refractivity contribution >= 4 is 11.9 Å². The second-order valence-corrected chi connectivity index (χ2v) is 20.8. The van der Waals surface area contributed by atoms with Crippen LogP contribution in [-0.2, 0) is 23.8 Å². The van der Waals surface area contributed by atoms with Gasteiger partial charge in [-0.25, -0.2) is 0 Å². The molecule has 0 radical (unpaired) electrons. The average Bonchev–Trinajstić information content (AvgIpc) is 3.39. The first kappa shape index (κ1) is 68.4. The van der Waals surface area contributed by atoms with Crippen molar-refractivity contribution in [3.05, 3.63) is 60.8 Å². The summed E-state index contributed by atoms with van der Waals surface area (Å²) >= 11 is 0. The second-order valence-electron chi connectivity index (χ2n) is 20.8. The topological polar surface area (TPSA) is 175 Å². The monoisotopic (exact) mass is 1030 g/mol. The highest BCUT2D eigenvalue weighted by Gasteiger charge is 2.47. The van der Waals surface area contributed by atoms with Gasteiger partial charge in [-0.1, -0.05) is 242 Å². The molecule has 1 heterocycles. The lowest BCUT2D eigenvalue weighted by molar-refractivity contribution is -0.305. The number of unbranched alkanes of at least 4 members (excludes halogenated alkanes) is 30. The lowest BCUT2D eigenvalue weighted by Crippen LogP contribution is -2.61. The van der Waals surface area contributed by atoms with Crippen LogP contribution in [0.2, 0.25) is 0 Å². The highest BCUT2D eigenvalue weighted by atomic mass is 16.7. The molecule has 0 spiro atoms. The first-order valence-corrected chi connectivity index (χ1v) is 30.1. The third-order valence-electron chi connectivity index (χ3n) is 14.0. The molecule has 8 atom stereocenters. The zero-order valence-electron chi connectivity index (χ0n) is 46.7. The molecule has 0 aromatic heterocycles. The van der Waals surface area contributed by atoms with E-state index >= 15 is 0 Å². The number of aliphatic hydroxyl groups is 5. The van der Waals surface area contributed by atoms with Gasteiger partial charge in [-0.2, -0.15) is 0 Å². The van der Waals surface area contributed by atoms with Crippen molar-refractivity contribution in [3.63, 3.8) is 0 Å². The maximum atomic E-state index is 13.4. The molecular weight excluding hydrogens is 919 g/mol. The van der Waals surface area contributed by atoms with Gasteiger partial charge in [0.15, 0.2) is 12.4 Å². The second kappa shape index (κ2) is 50.2. The Bertz CT molecular complexity index is 1420. The molecule has 1 saturated heterocycles. The number of rotatable bonds is 50. The summed E-state index contributed by atoms with van der Waals surface area (Å²) in [5.74, 6) is -1.22. The van der Waals surface area contributed by atoms with Crippen LogP contribution in [0.1, 0.15) is 258 Å². The number of nitrogens with one attached hydrogen (secondary N) is 1. The van der Waals surface area contributed by atoms with E-state index in [4.69, 9.17) is 14.2 Å². The van der Waals surface area contributed by atoms with Gasteiger partial charge in [0.05, 0.1) is 25.4 Å². The van der Waals surface area contributed by atoms with E-state index in [2.05, 4.69) is 56.5 Å². The Hall–Kier alpha value is -2.64. The molecule has 424 valence electrons. The smallest absolute Gasteiger partial charge is 0.306 e. The Balaban J connectivity index is 2.72. The number of carbonyl (C=O) groups is 2. The van der Waals surface area contributed by atoms with Gasteiger partial charge in [0, 0.05) is 6.42 Å². The SMILES string of the molecule is CC/C=C/C=C/C=C\CCCCCCCC(=O)OC1C(OCC(NC(=O)C(O)CCCCCCCCCC/C=C/CCCCCCCC)C(O)/C=C/CCCCCCCCCCCCC)OC(CO)C(O)C1O. The Morgan fingerprint density at radius 2 is 1.00 bits per heavy atom. The summed E-state index contributed by atoms with van der Waals surface area (Å²) in [6.07, 6.45) is 51.2. The molecule has 1 amide bonds. The van der Waals surface area contributed by atoms with Crippen LogP contribution in [0, 0.1) is 0 Å². The summed E-state index contributed by atoms with van der Waals surface area (Å²) in [5.41, 5.74) is 0. The van der Waals surface area contributed by atoms with E-state index in [0.29, 0.717) is 12.8 Å². The summed E-state index contributed by atoms with van der Waals surface area (Å²) in [4.78, 5) is 26.5. The van der Waals surface area contributed by atoms with Crippen LogP contribution in [0.3, 0.4) is 0 Å². The van der Waals surface area contributed by atoms with Gasteiger partial charge in [-0.05, 0) is 70.6 Å². The molecule has 0 aromatic carbocycles. The van der Waals surface area contributed by atoms with E-state index in [1.54, 1.807) is 6.08 Å². The largest absolute Gasteiger partial charge is 0.454 e. The number of aliphatic hydroxyl groups excluding tert-OH is 5. The molecule has 0 bridgehead atoms. The van der Waals surface area contributed by atoms with Gasteiger partial charge in [-0.15, -0.1) is 0 Å². The van der Waals surface area contributed by atoms with Gasteiger partial charge in [-0.3, -0.25) is 9.59 Å². The molecule has 11 heteroatoms. The number of hydrogen-bond donors (Lipinski definition) is 6. The lowest BCUT2D eigenvalue weighted by atomic mass is 9.99. The Morgan fingerprint density at radius 1 is 0.548 bits per heavy atom. The van der Waals surface area contributed by atoms with Crippen LogP contribution in [0.15, 0.2) is 60.8 Å². The average molecular weight is 1030 g/mol. The molecule has 73 heavy (non-hydrogen) atoms. The summed E-state index contributed by atoms with van der Waals surface area (Å²) in [7, 11) is 0. The van der Waals surface area contributed by atoms with Crippen LogP contribution in [-0.4, -0.2) is 99.6 Å². The van der Waals surface area contributed by atoms with Crippen LogP contribution < -0.4 is 5.32 Å². The number of esters is 1. The third kappa shape index (κ3) is 38.5. The van der Waals surface area contributed by atoms with Gasteiger partial charge in [0.25, 0.3) is 0 Å². The van der Waals surface area contributed by atoms with Crippen LogP contribution >= 0.6 is 0 Å². The van der Waals surface area contributed by atoms with Gasteiger partial charge in [0.2, 0.25) is 5.91 Å². The van der Waals surface area contributed by atoms with Crippen molar-refractivity contribution in [3.8, 4) is 0 Å². The van der Waals surface area contributed by atoms with E-state index in [9.17, 15) is 35.1 Å². The number of allylic oxidation sites excluding steroid dienone is 9. The van der Waals surface area contributed by atoms with E-state index in [1.165, 1.54) is 128 Å². The predicted molar refractivity (Wildman–Crippen MR) is 301 cm³/mol. The summed E-state index contributed by atoms with van der Waals surface area (Å²) in [6, 6.07) is -1.03. The maximum Gasteiger partial charge on any atom is 0.306 e. The number of amides is 1. The minimum absolute atomic E-state index is 0.0993.